The first-order valence-corrected chi connectivity index (χ1v) is 5.51. The van der Waals surface area contributed by atoms with E-state index >= 15 is 0 Å². The lowest BCUT2D eigenvalue weighted by atomic mass is 10.2. The molecule has 2 aromatic carbocycles. The number of aromatic nitrogens is 2. The van der Waals surface area contributed by atoms with Crippen LogP contribution in [0.2, 0.25) is 0 Å². The summed E-state index contributed by atoms with van der Waals surface area (Å²) in [6.45, 7) is 7.00. The maximum atomic E-state index is 7.00. The van der Waals surface area contributed by atoms with Gasteiger partial charge in [0.05, 0.1) is 17.8 Å². The third-order valence-electron chi connectivity index (χ3n) is 2.82. The number of para-hydroxylation sites is 1. The third-order valence-corrected chi connectivity index (χ3v) is 2.82. The van der Waals surface area contributed by atoms with Gasteiger partial charge >= 0.3 is 0 Å². The number of rotatable bonds is 1. The maximum absolute atomic E-state index is 7.00. The minimum atomic E-state index is 0.570. The molecule has 0 amide bonds. The van der Waals surface area contributed by atoms with Crippen molar-refractivity contribution in [3.63, 3.8) is 0 Å². The Balaban J connectivity index is 2.27. The van der Waals surface area contributed by atoms with Gasteiger partial charge in [-0.05, 0) is 18.2 Å². The van der Waals surface area contributed by atoms with Gasteiger partial charge in [0.1, 0.15) is 5.82 Å². The van der Waals surface area contributed by atoms with Gasteiger partial charge in [0.2, 0.25) is 0 Å². The highest BCUT2D eigenvalue weighted by molar-refractivity contribution is 5.92. The molecule has 0 unspecified atom stereocenters. The van der Waals surface area contributed by atoms with Crippen LogP contribution in [0.4, 0.5) is 11.5 Å². The summed E-state index contributed by atoms with van der Waals surface area (Å²) in [5, 5.41) is 5.31. The van der Waals surface area contributed by atoms with Crippen molar-refractivity contribution in [1.82, 2.24) is 9.78 Å². The van der Waals surface area contributed by atoms with Crippen molar-refractivity contribution < 1.29 is 0 Å². The maximum Gasteiger partial charge on any atom is 0.189 e. The molecule has 0 fully saturated rings. The number of hydrogen-bond donors (Lipinski definition) is 1. The first-order chi connectivity index (χ1) is 8.79. The van der Waals surface area contributed by atoms with Gasteiger partial charge in [-0.15, -0.1) is 0 Å². The van der Waals surface area contributed by atoms with Crippen molar-refractivity contribution >= 4 is 22.4 Å². The molecular formula is C14H10N4. The Labute approximate surface area is 104 Å². The predicted molar refractivity (Wildman–Crippen MR) is 71.7 cm³/mol. The zero-order valence-corrected chi connectivity index (χ0v) is 9.54. The molecule has 0 spiro atoms. The van der Waals surface area contributed by atoms with E-state index in [4.69, 9.17) is 12.3 Å². The van der Waals surface area contributed by atoms with E-state index in [1.165, 1.54) is 0 Å². The van der Waals surface area contributed by atoms with Crippen molar-refractivity contribution in [3.8, 4) is 5.69 Å². The fraction of sp³-hybridized carbons (Fsp3) is 0. The van der Waals surface area contributed by atoms with Crippen LogP contribution < -0.4 is 5.73 Å². The van der Waals surface area contributed by atoms with Crippen molar-refractivity contribution in [2.75, 3.05) is 5.73 Å². The third kappa shape index (κ3) is 1.50. The van der Waals surface area contributed by atoms with Crippen LogP contribution in [0.15, 0.2) is 48.5 Å². The lowest BCUT2D eigenvalue weighted by Crippen LogP contribution is -2.00. The number of hydrogen-bond acceptors (Lipinski definition) is 2. The van der Waals surface area contributed by atoms with Gasteiger partial charge in [0.25, 0.3) is 0 Å². The van der Waals surface area contributed by atoms with Crippen molar-refractivity contribution in [2.45, 2.75) is 0 Å². The van der Waals surface area contributed by atoms with E-state index in [0.29, 0.717) is 11.5 Å². The number of nitrogens with two attached hydrogens (primary N) is 1. The van der Waals surface area contributed by atoms with Gasteiger partial charge in [-0.1, -0.05) is 30.3 Å². The molecule has 86 valence electrons. The first-order valence-electron chi connectivity index (χ1n) is 5.51. The summed E-state index contributed by atoms with van der Waals surface area (Å²) in [7, 11) is 0. The van der Waals surface area contributed by atoms with Gasteiger partial charge in [0, 0.05) is 5.39 Å². The van der Waals surface area contributed by atoms with E-state index in [9.17, 15) is 0 Å². The zero-order chi connectivity index (χ0) is 12.5. The highest BCUT2D eigenvalue weighted by atomic mass is 15.3. The monoisotopic (exact) mass is 234 g/mol. The number of nitrogens with zero attached hydrogens (tertiary/aromatic N) is 3. The molecule has 0 saturated carbocycles. The molecular weight excluding hydrogens is 224 g/mol. The topological polar surface area (TPSA) is 48.2 Å². The molecule has 0 atom stereocenters. The predicted octanol–water partition coefficient (Wildman–Crippen LogP) is 3.16. The second-order valence-corrected chi connectivity index (χ2v) is 3.95. The number of fused-ring (bicyclic) bond motifs is 1. The highest BCUT2D eigenvalue weighted by Crippen LogP contribution is 2.27. The minimum Gasteiger partial charge on any atom is -0.383 e. The van der Waals surface area contributed by atoms with Crippen molar-refractivity contribution in [2.24, 2.45) is 0 Å². The Hall–Kier alpha value is -2.80. The van der Waals surface area contributed by atoms with Crippen LogP contribution in [0.25, 0.3) is 21.4 Å². The van der Waals surface area contributed by atoms with Gasteiger partial charge in [-0.25, -0.2) is 9.53 Å². The van der Waals surface area contributed by atoms with Gasteiger partial charge < -0.3 is 5.73 Å². The van der Waals surface area contributed by atoms with E-state index in [1.807, 2.05) is 36.4 Å². The molecule has 1 aromatic heterocycles. The molecule has 0 saturated heterocycles. The summed E-state index contributed by atoms with van der Waals surface area (Å²) in [5.74, 6) is 0.590. The summed E-state index contributed by atoms with van der Waals surface area (Å²) in [5.41, 5.74) is 8.31. The normalized spacial score (nSPS) is 10.4. The molecule has 0 bridgehead atoms. The molecule has 3 rings (SSSR count). The van der Waals surface area contributed by atoms with E-state index in [-0.39, 0.29) is 0 Å². The molecule has 4 nitrogen and oxygen atoms in total. The molecule has 3 aromatic rings. The number of anilines is 1. The van der Waals surface area contributed by atoms with E-state index < -0.39 is 0 Å². The lowest BCUT2D eigenvalue weighted by molar-refractivity contribution is 0.908. The molecule has 1 heterocycles. The highest BCUT2D eigenvalue weighted by Gasteiger charge is 2.09. The van der Waals surface area contributed by atoms with Crippen LogP contribution in [0, 0.1) is 6.57 Å². The first kappa shape index (κ1) is 10.4. The summed E-state index contributed by atoms with van der Waals surface area (Å²) in [6, 6.07) is 15.0. The fourth-order valence-electron chi connectivity index (χ4n) is 1.93. The Bertz CT molecular complexity index is 751. The van der Waals surface area contributed by atoms with E-state index in [2.05, 4.69) is 9.94 Å². The smallest absolute Gasteiger partial charge is 0.189 e. The van der Waals surface area contributed by atoms with Crippen LogP contribution in [0.3, 0.4) is 0 Å². The van der Waals surface area contributed by atoms with Gasteiger partial charge in [-0.2, -0.15) is 5.10 Å². The van der Waals surface area contributed by atoms with Gasteiger partial charge in [0.15, 0.2) is 5.69 Å². The largest absolute Gasteiger partial charge is 0.383 e. The van der Waals surface area contributed by atoms with E-state index in [0.717, 1.165) is 16.6 Å². The average Bonchev–Trinajstić information content (AvgIpc) is 2.76. The minimum absolute atomic E-state index is 0.570. The molecule has 18 heavy (non-hydrogen) atoms. The van der Waals surface area contributed by atoms with Crippen LogP contribution in [-0.2, 0) is 0 Å². The average molecular weight is 234 g/mol. The second-order valence-electron chi connectivity index (χ2n) is 3.95. The van der Waals surface area contributed by atoms with Crippen molar-refractivity contribution in [1.29, 1.82) is 0 Å². The lowest BCUT2D eigenvalue weighted by Gasteiger charge is -2.02. The molecule has 0 aliphatic heterocycles. The Morgan fingerprint density at radius 1 is 1.11 bits per heavy atom. The Morgan fingerprint density at radius 2 is 1.89 bits per heavy atom. The standard InChI is InChI=1S/C14H10N4/c1-16-10-7-8-12-13(9-10)17-18(14(12)15)11-5-3-2-4-6-11/h2-9H,15H2. The SMILES string of the molecule is [C-]#[N+]c1ccc2c(N)n(-c3ccccc3)nc2c1. The molecule has 0 aliphatic carbocycles. The second kappa shape index (κ2) is 3.90. The zero-order valence-electron chi connectivity index (χ0n) is 9.54. The van der Waals surface area contributed by atoms with Crippen molar-refractivity contribution in [3.05, 3.63) is 59.9 Å². The Kier molecular flexibility index (Phi) is 2.24. The summed E-state index contributed by atoms with van der Waals surface area (Å²) in [6.07, 6.45) is 0. The van der Waals surface area contributed by atoms with Crippen LogP contribution in [0.1, 0.15) is 0 Å². The molecule has 4 heteroatoms. The quantitative estimate of drug-likeness (QED) is 0.657. The molecule has 0 aliphatic rings. The summed E-state index contributed by atoms with van der Waals surface area (Å²) in [4.78, 5) is 3.39. The number of nitrogen functional groups attached to an aromatic ring is 1. The number of benzene rings is 2. The van der Waals surface area contributed by atoms with Gasteiger partial charge in [-0.3, -0.25) is 0 Å². The summed E-state index contributed by atoms with van der Waals surface area (Å²) >= 11 is 0. The molecule has 0 radical (unpaired) electrons. The van der Waals surface area contributed by atoms with Crippen LogP contribution in [0.5, 0.6) is 0 Å². The van der Waals surface area contributed by atoms with E-state index in [1.54, 1.807) is 16.8 Å². The van der Waals surface area contributed by atoms with Crippen LogP contribution in [-0.4, -0.2) is 9.78 Å². The summed E-state index contributed by atoms with van der Waals surface area (Å²) < 4.78 is 1.69. The molecule has 2 N–H and O–H groups in total. The fourth-order valence-corrected chi connectivity index (χ4v) is 1.93. The van der Waals surface area contributed by atoms with Crippen LogP contribution >= 0.6 is 0 Å². The Morgan fingerprint density at radius 3 is 2.61 bits per heavy atom.